The first-order valence-electron chi connectivity index (χ1n) is 21.9. The topological polar surface area (TPSA) is 170 Å². The zero-order valence-corrected chi connectivity index (χ0v) is 35.4. The van der Waals surface area contributed by atoms with Crippen molar-refractivity contribution in [3.05, 3.63) is 63.6 Å². The summed E-state index contributed by atoms with van der Waals surface area (Å²) in [5.74, 6) is -0.891. The van der Waals surface area contributed by atoms with Crippen LogP contribution in [0.15, 0.2) is 45.6 Å². The fourth-order valence-electron chi connectivity index (χ4n) is 9.78. The molecule has 0 saturated carbocycles. The van der Waals surface area contributed by atoms with E-state index in [9.17, 15) is 28.8 Å². The first-order chi connectivity index (χ1) is 29.5. The molecule has 61 heavy (non-hydrogen) atoms. The second-order valence-electron chi connectivity index (χ2n) is 17.1. The summed E-state index contributed by atoms with van der Waals surface area (Å²) >= 11 is 0. The normalized spacial score (nSPS) is 20.4. The molecule has 6 heterocycles. The Labute approximate surface area is 355 Å². The van der Waals surface area contributed by atoms with Crippen LogP contribution in [0.25, 0.3) is 11.1 Å². The third kappa shape index (κ3) is 9.72. The minimum atomic E-state index is -1.10. The van der Waals surface area contributed by atoms with Gasteiger partial charge in [0.25, 0.3) is 5.91 Å². The summed E-state index contributed by atoms with van der Waals surface area (Å²) in [5.41, 5.74) is 4.54. The Balaban J connectivity index is 0.852. The number of nitrogens with zero attached hydrogens (tertiary/aromatic N) is 7. The van der Waals surface area contributed by atoms with Gasteiger partial charge in [-0.05, 0) is 74.3 Å². The number of piperidine rings is 2. The van der Waals surface area contributed by atoms with Crippen LogP contribution in [0.5, 0.6) is 0 Å². The van der Waals surface area contributed by atoms with Gasteiger partial charge in [0.15, 0.2) is 11.7 Å². The lowest BCUT2D eigenvalue weighted by Gasteiger charge is -2.43. The number of amides is 5. The largest absolute Gasteiger partial charge is 0.463 e. The number of anilines is 1. The Morgan fingerprint density at radius 1 is 0.852 bits per heavy atom. The van der Waals surface area contributed by atoms with Crippen molar-refractivity contribution in [1.82, 2.24) is 34.0 Å². The van der Waals surface area contributed by atoms with Crippen molar-refractivity contribution in [3.8, 4) is 0 Å². The fourth-order valence-corrected chi connectivity index (χ4v) is 9.78. The molecular weight excluding hydrogens is 785 g/mol. The number of carbonyl (C=O) groups excluding carboxylic acids is 5. The van der Waals surface area contributed by atoms with Crippen LogP contribution < -0.4 is 11.1 Å². The average Bonchev–Trinajstić information content (AvgIpc) is 3.74. The maximum absolute atomic E-state index is 14.4. The Morgan fingerprint density at radius 3 is 2.33 bits per heavy atom. The number of aromatic nitrogens is 1. The highest BCUT2D eigenvalue weighted by molar-refractivity contribution is 5.91. The molecule has 0 spiro atoms. The van der Waals surface area contributed by atoms with Crippen molar-refractivity contribution in [2.45, 2.75) is 76.5 Å². The Hall–Kier alpha value is -5.42. The molecule has 2 aromatic carbocycles. The number of oxazole rings is 1. The smallest absolute Gasteiger partial charge is 0.419 e. The van der Waals surface area contributed by atoms with Gasteiger partial charge in [0, 0.05) is 103 Å². The highest BCUT2D eigenvalue weighted by Crippen LogP contribution is 2.27. The first kappa shape index (κ1) is 42.3. The van der Waals surface area contributed by atoms with E-state index >= 15 is 0 Å². The van der Waals surface area contributed by atoms with E-state index in [0.717, 1.165) is 62.1 Å². The molecule has 1 aromatic heterocycles. The number of likely N-dealkylation sites (tertiary alicyclic amines) is 3. The number of nitrogens with one attached hydrogen (secondary N) is 1. The van der Waals surface area contributed by atoms with Gasteiger partial charge >= 0.3 is 23.8 Å². The van der Waals surface area contributed by atoms with Crippen molar-refractivity contribution < 1.29 is 37.9 Å². The second-order valence-corrected chi connectivity index (χ2v) is 17.1. The van der Waals surface area contributed by atoms with E-state index in [1.807, 2.05) is 42.2 Å². The van der Waals surface area contributed by atoms with Crippen LogP contribution in [0.4, 0.5) is 15.3 Å². The molecule has 0 radical (unpaired) electrons. The number of aryl methyl sites for hydroxylation is 2. The van der Waals surface area contributed by atoms with Crippen molar-refractivity contribution in [2.24, 2.45) is 7.05 Å². The zero-order chi connectivity index (χ0) is 42.6. The van der Waals surface area contributed by atoms with Crippen LogP contribution in [0.1, 0.15) is 55.2 Å². The van der Waals surface area contributed by atoms with Gasteiger partial charge in [-0.3, -0.25) is 28.8 Å². The predicted molar refractivity (Wildman–Crippen MR) is 225 cm³/mol. The monoisotopic (exact) mass is 842 g/mol. The van der Waals surface area contributed by atoms with E-state index in [4.69, 9.17) is 13.9 Å². The molecule has 0 bridgehead atoms. The van der Waals surface area contributed by atoms with Gasteiger partial charge in [-0.1, -0.05) is 24.3 Å². The van der Waals surface area contributed by atoms with E-state index in [2.05, 4.69) is 15.1 Å². The quantitative estimate of drug-likeness (QED) is 0.282. The number of hydrogen-bond donors (Lipinski definition) is 1. The lowest BCUT2D eigenvalue weighted by atomic mass is 10.0. The number of esters is 1. The first-order valence-corrected chi connectivity index (χ1v) is 21.9. The van der Waals surface area contributed by atoms with Crippen LogP contribution in [-0.4, -0.2) is 167 Å². The van der Waals surface area contributed by atoms with Crippen molar-refractivity contribution in [2.75, 3.05) is 90.5 Å². The molecule has 8 rings (SSSR count). The second kappa shape index (κ2) is 18.7. The van der Waals surface area contributed by atoms with Crippen molar-refractivity contribution >= 4 is 46.7 Å². The van der Waals surface area contributed by atoms with Crippen LogP contribution in [0.3, 0.4) is 0 Å². The van der Waals surface area contributed by atoms with E-state index in [1.165, 1.54) is 4.57 Å². The molecule has 328 valence electrons. The Morgan fingerprint density at radius 2 is 1.59 bits per heavy atom. The molecule has 5 aliphatic rings. The third-order valence-corrected chi connectivity index (χ3v) is 13.2. The Kier molecular flexibility index (Phi) is 12.9. The number of ether oxygens (including phenoxy) is 2. The molecule has 17 heteroatoms. The maximum Gasteiger partial charge on any atom is 0.419 e. The van der Waals surface area contributed by atoms with Gasteiger partial charge in [0.05, 0.1) is 18.6 Å². The highest BCUT2D eigenvalue weighted by atomic mass is 16.6. The Bertz CT molecular complexity index is 2160. The summed E-state index contributed by atoms with van der Waals surface area (Å²) < 4.78 is 18.5. The fraction of sp³-hybridized carbons (Fsp3) is 0.591. The van der Waals surface area contributed by atoms with Gasteiger partial charge in [0.1, 0.15) is 6.61 Å². The maximum atomic E-state index is 14.4. The highest BCUT2D eigenvalue weighted by Gasteiger charge is 2.37. The van der Waals surface area contributed by atoms with Gasteiger partial charge in [-0.15, -0.1) is 0 Å². The molecule has 0 aliphatic carbocycles. The minimum absolute atomic E-state index is 0.0328. The summed E-state index contributed by atoms with van der Waals surface area (Å²) in [5, 5.41) is 3.04. The van der Waals surface area contributed by atoms with Gasteiger partial charge in [0.2, 0.25) is 5.91 Å². The minimum Gasteiger partial charge on any atom is -0.463 e. The molecule has 1 N–H and O–H groups in total. The molecule has 5 amide bonds. The summed E-state index contributed by atoms with van der Waals surface area (Å²) in [6.07, 6.45) is 3.60. The predicted octanol–water partition coefficient (Wildman–Crippen LogP) is 2.82. The lowest BCUT2D eigenvalue weighted by molar-refractivity contribution is -0.147. The van der Waals surface area contributed by atoms with Crippen LogP contribution in [0, 0.1) is 6.92 Å². The number of fused-ring (bicyclic) bond motifs is 2. The van der Waals surface area contributed by atoms with Crippen LogP contribution >= 0.6 is 0 Å². The number of benzene rings is 2. The molecule has 0 unspecified atom stereocenters. The molecule has 4 saturated heterocycles. The summed E-state index contributed by atoms with van der Waals surface area (Å²) in [6.45, 7) is 8.74. The molecular formula is C44H58N8O9. The number of hydrogen-bond acceptors (Lipinski definition) is 11. The van der Waals surface area contributed by atoms with Crippen LogP contribution in [0.2, 0.25) is 0 Å². The summed E-state index contributed by atoms with van der Waals surface area (Å²) in [7, 11) is 1.65. The molecule has 3 aromatic rings. The third-order valence-electron chi connectivity index (χ3n) is 13.2. The summed E-state index contributed by atoms with van der Waals surface area (Å²) in [4.78, 5) is 89.7. The number of para-hydroxylation sites is 1. The number of carbonyl (C=O) groups is 5. The number of rotatable bonds is 11. The molecule has 17 nitrogen and oxygen atoms in total. The van der Waals surface area contributed by atoms with Gasteiger partial charge in [-0.2, -0.15) is 0 Å². The standard InChI is InChI=1S/C44H58N8O9/c1-30-26-31(27-36-40(30)46(2)43(57)60-36)28-37(61-44(58)51-17-12-34(13-18-51)52-19-9-32-6-3-4-7-35(32)45-42(52)56)41(55)50-22-20-48(21-23-50)33-10-15-47(16-11-33)29-39(54)59-25-24-49-14-5-8-38(49)53/h3-4,6-7,26-27,33-34,37H,5,8-25,28-29H2,1-2H3,(H,45,56)/t37-/m1/s1. The summed E-state index contributed by atoms with van der Waals surface area (Å²) in [6, 6.07) is 11.6. The lowest BCUT2D eigenvalue weighted by Crippen LogP contribution is -2.57. The van der Waals surface area contributed by atoms with E-state index in [0.29, 0.717) is 94.3 Å². The van der Waals surface area contributed by atoms with E-state index in [1.54, 1.807) is 27.8 Å². The molecule has 4 fully saturated rings. The number of urea groups is 1. The average molecular weight is 843 g/mol. The van der Waals surface area contributed by atoms with E-state index < -0.39 is 18.0 Å². The van der Waals surface area contributed by atoms with E-state index in [-0.39, 0.29) is 49.4 Å². The molecule has 5 aliphatic heterocycles. The molecule has 1 atom stereocenters. The number of piperazine rings is 1. The van der Waals surface area contributed by atoms with Crippen LogP contribution in [-0.2, 0) is 43.7 Å². The van der Waals surface area contributed by atoms with Crippen molar-refractivity contribution in [1.29, 1.82) is 0 Å². The van der Waals surface area contributed by atoms with Gasteiger partial charge in [-0.25, -0.2) is 14.4 Å². The van der Waals surface area contributed by atoms with Gasteiger partial charge < -0.3 is 38.8 Å². The SMILES string of the molecule is Cc1cc(C[C@@H](OC(=O)N2CCC(N3CCc4ccccc4NC3=O)CC2)C(=O)N2CCN(C3CCN(CC(=O)OCCN4CCCC4=O)CC3)CC2)cc2oc(=O)n(C)c12. The van der Waals surface area contributed by atoms with Crippen molar-refractivity contribution in [3.63, 3.8) is 0 Å². The zero-order valence-electron chi connectivity index (χ0n) is 35.4.